The van der Waals surface area contributed by atoms with Crippen molar-refractivity contribution in [3.63, 3.8) is 0 Å². The minimum Gasteiger partial charge on any atom is -0.337 e. The van der Waals surface area contributed by atoms with Gasteiger partial charge in [0.25, 0.3) is 5.91 Å². The van der Waals surface area contributed by atoms with Gasteiger partial charge in [-0.1, -0.05) is 11.6 Å². The van der Waals surface area contributed by atoms with Crippen LogP contribution in [0.4, 0.5) is 4.39 Å². The van der Waals surface area contributed by atoms with Gasteiger partial charge in [-0.15, -0.1) is 12.4 Å². The Morgan fingerprint density at radius 1 is 1.58 bits per heavy atom. The molecule has 1 aromatic rings. The first kappa shape index (κ1) is 16.9. The summed E-state index contributed by atoms with van der Waals surface area (Å²) in [6, 6.07) is 3.03. The first-order valence-corrected chi connectivity index (χ1v) is 7.09. The lowest BCUT2D eigenvalue weighted by molar-refractivity contribution is 0.0790. The van der Waals surface area contributed by atoms with Gasteiger partial charge in [0.2, 0.25) is 0 Å². The fourth-order valence-corrected chi connectivity index (χ4v) is 2.74. The first-order chi connectivity index (χ1) is 8.52. The van der Waals surface area contributed by atoms with Crippen LogP contribution in [0, 0.1) is 9.39 Å². The topological polar surface area (TPSA) is 32.3 Å². The van der Waals surface area contributed by atoms with E-state index in [1.807, 2.05) is 29.6 Å². The molecule has 1 N–H and O–H groups in total. The summed E-state index contributed by atoms with van der Waals surface area (Å²) in [5, 5.41) is 3.32. The molecule has 1 aliphatic heterocycles. The van der Waals surface area contributed by atoms with E-state index in [-0.39, 0.29) is 23.3 Å². The lowest BCUT2D eigenvalue weighted by atomic mass is 10.2. The van der Waals surface area contributed by atoms with Gasteiger partial charge in [-0.3, -0.25) is 4.79 Å². The number of rotatable bonds is 2. The van der Waals surface area contributed by atoms with Crippen LogP contribution in [0.2, 0.25) is 5.02 Å². The van der Waals surface area contributed by atoms with E-state index in [1.54, 1.807) is 4.90 Å². The quantitative estimate of drug-likeness (QED) is 0.591. The Kier molecular flexibility index (Phi) is 6.29. The van der Waals surface area contributed by atoms with E-state index < -0.39 is 5.82 Å². The summed E-state index contributed by atoms with van der Waals surface area (Å²) >= 11 is 7.80. The van der Waals surface area contributed by atoms with Crippen LogP contribution in [-0.2, 0) is 0 Å². The molecule has 1 aromatic carbocycles. The number of nitrogens with one attached hydrogen (secondary N) is 1. The summed E-state index contributed by atoms with van der Waals surface area (Å²) in [6.45, 7) is 1.37. The van der Waals surface area contributed by atoms with Crippen molar-refractivity contribution in [1.29, 1.82) is 0 Å². The highest BCUT2D eigenvalue weighted by Gasteiger charge is 2.27. The molecule has 0 aromatic heterocycles. The van der Waals surface area contributed by atoms with Crippen LogP contribution < -0.4 is 5.32 Å². The molecule has 1 saturated heterocycles. The van der Waals surface area contributed by atoms with Gasteiger partial charge in [0.15, 0.2) is 0 Å². The largest absolute Gasteiger partial charge is 0.337 e. The number of carbonyl (C=O) groups excluding carboxylic acids is 1. The van der Waals surface area contributed by atoms with Crippen LogP contribution in [-0.4, -0.2) is 37.0 Å². The molecule has 0 aliphatic carbocycles. The smallest absolute Gasteiger partial charge is 0.255 e. The molecule has 2 rings (SSSR count). The van der Waals surface area contributed by atoms with Crippen molar-refractivity contribution in [2.24, 2.45) is 0 Å². The molecular weight excluding hydrogens is 405 g/mol. The van der Waals surface area contributed by atoms with E-state index in [9.17, 15) is 9.18 Å². The van der Waals surface area contributed by atoms with E-state index in [0.717, 1.165) is 6.42 Å². The molecule has 1 amide bonds. The molecule has 1 fully saturated rings. The fourth-order valence-electron chi connectivity index (χ4n) is 2.04. The zero-order chi connectivity index (χ0) is 13.3. The van der Waals surface area contributed by atoms with Gasteiger partial charge in [-0.25, -0.2) is 4.39 Å². The maximum Gasteiger partial charge on any atom is 0.255 e. The number of nitrogens with zero attached hydrogens (tertiary/aromatic N) is 1. The van der Waals surface area contributed by atoms with E-state index in [4.69, 9.17) is 11.6 Å². The minimum atomic E-state index is -0.397. The molecule has 0 saturated carbocycles. The number of benzene rings is 1. The molecule has 0 radical (unpaired) electrons. The Bertz CT molecular complexity index is 487. The zero-order valence-electron chi connectivity index (χ0n) is 10.3. The second kappa shape index (κ2) is 7.06. The number of hydrogen-bond acceptors (Lipinski definition) is 2. The third-order valence-electron chi connectivity index (χ3n) is 3.12. The maximum absolute atomic E-state index is 13.3. The zero-order valence-corrected chi connectivity index (χ0v) is 14.0. The monoisotopic (exact) mass is 418 g/mol. The van der Waals surface area contributed by atoms with Crippen molar-refractivity contribution in [2.45, 2.75) is 12.5 Å². The molecule has 0 spiro atoms. The van der Waals surface area contributed by atoms with Crippen LogP contribution >= 0.6 is 46.6 Å². The average molecular weight is 419 g/mol. The SMILES string of the molecule is CNC1CCN(C(=O)c2cc(I)c(F)cc2Cl)C1.Cl. The van der Waals surface area contributed by atoms with Crippen LogP contribution in [0.1, 0.15) is 16.8 Å². The molecule has 3 nitrogen and oxygen atoms in total. The lowest BCUT2D eigenvalue weighted by Gasteiger charge is -2.17. The average Bonchev–Trinajstić information content (AvgIpc) is 2.81. The molecule has 19 heavy (non-hydrogen) atoms. The predicted molar refractivity (Wildman–Crippen MR) is 84.7 cm³/mol. The summed E-state index contributed by atoms with van der Waals surface area (Å²) in [7, 11) is 1.88. The Morgan fingerprint density at radius 3 is 2.84 bits per heavy atom. The summed E-state index contributed by atoms with van der Waals surface area (Å²) in [5.74, 6) is -0.526. The molecule has 0 bridgehead atoms. The molecule has 1 atom stereocenters. The van der Waals surface area contributed by atoms with E-state index >= 15 is 0 Å². The fraction of sp³-hybridized carbons (Fsp3) is 0.417. The van der Waals surface area contributed by atoms with Gasteiger partial charge >= 0.3 is 0 Å². The summed E-state index contributed by atoms with van der Waals surface area (Å²) in [6.07, 6.45) is 0.929. The summed E-state index contributed by atoms with van der Waals surface area (Å²) < 4.78 is 13.7. The number of likely N-dealkylation sites (tertiary alicyclic amines) is 1. The Morgan fingerprint density at radius 2 is 2.26 bits per heavy atom. The van der Waals surface area contributed by atoms with Crippen LogP contribution in [0.25, 0.3) is 0 Å². The molecule has 106 valence electrons. The Balaban J connectivity index is 0.00000180. The van der Waals surface area contributed by atoms with Crippen molar-refractivity contribution < 1.29 is 9.18 Å². The van der Waals surface area contributed by atoms with Gasteiger partial charge in [0.05, 0.1) is 10.6 Å². The van der Waals surface area contributed by atoms with Gasteiger partial charge < -0.3 is 10.2 Å². The number of hydrogen-bond donors (Lipinski definition) is 1. The predicted octanol–water partition coefficient (Wildman–Crippen LogP) is 2.94. The number of amides is 1. The van der Waals surface area contributed by atoms with Crippen LogP contribution in [0.3, 0.4) is 0 Å². The van der Waals surface area contributed by atoms with E-state index in [2.05, 4.69) is 5.32 Å². The van der Waals surface area contributed by atoms with Crippen molar-refractivity contribution in [1.82, 2.24) is 10.2 Å². The van der Waals surface area contributed by atoms with Crippen molar-refractivity contribution in [3.8, 4) is 0 Å². The van der Waals surface area contributed by atoms with Gasteiger partial charge in [0.1, 0.15) is 5.82 Å². The normalized spacial score (nSPS) is 18.3. The number of carbonyl (C=O) groups is 1. The van der Waals surface area contributed by atoms with Crippen molar-refractivity contribution in [3.05, 3.63) is 32.1 Å². The summed E-state index contributed by atoms with van der Waals surface area (Å²) in [5.41, 5.74) is 0.374. The third kappa shape index (κ3) is 3.71. The van der Waals surface area contributed by atoms with Gasteiger partial charge in [-0.05, 0) is 48.2 Å². The highest BCUT2D eigenvalue weighted by molar-refractivity contribution is 14.1. The second-order valence-corrected chi connectivity index (χ2v) is 5.84. The summed E-state index contributed by atoms with van der Waals surface area (Å²) in [4.78, 5) is 14.0. The molecule has 1 aliphatic rings. The molecule has 7 heteroatoms. The first-order valence-electron chi connectivity index (χ1n) is 5.64. The standard InChI is InChI=1S/C12H13ClFIN2O.ClH/c1-16-7-2-3-17(6-7)12(18)8-4-11(15)10(14)5-9(8)13;/h4-5,7,16H,2-3,6H2,1H3;1H. The lowest BCUT2D eigenvalue weighted by Crippen LogP contribution is -2.33. The minimum absolute atomic E-state index is 0. The van der Waals surface area contributed by atoms with Crippen molar-refractivity contribution in [2.75, 3.05) is 20.1 Å². The highest BCUT2D eigenvalue weighted by atomic mass is 127. The highest BCUT2D eigenvalue weighted by Crippen LogP contribution is 2.24. The van der Waals surface area contributed by atoms with E-state index in [0.29, 0.717) is 28.3 Å². The Hall–Kier alpha value is -0.110. The molecule has 1 heterocycles. The third-order valence-corrected chi connectivity index (χ3v) is 4.26. The number of likely N-dealkylation sites (N-methyl/N-ethyl adjacent to an activating group) is 1. The molecule has 1 unspecified atom stereocenters. The van der Waals surface area contributed by atoms with Crippen LogP contribution in [0.5, 0.6) is 0 Å². The van der Waals surface area contributed by atoms with Crippen molar-refractivity contribution >= 4 is 52.5 Å². The Labute approximate surface area is 136 Å². The van der Waals surface area contributed by atoms with Crippen LogP contribution in [0.15, 0.2) is 12.1 Å². The number of halogens is 4. The maximum atomic E-state index is 13.3. The second-order valence-electron chi connectivity index (χ2n) is 4.27. The van der Waals surface area contributed by atoms with Gasteiger partial charge in [-0.2, -0.15) is 0 Å². The van der Waals surface area contributed by atoms with E-state index in [1.165, 1.54) is 12.1 Å². The molecular formula is C12H14Cl2FIN2O. The van der Waals surface area contributed by atoms with Gasteiger partial charge in [0, 0.05) is 22.7 Å².